The number of aliphatic hydroxyl groups excluding tert-OH is 1. The van der Waals surface area contributed by atoms with Crippen molar-refractivity contribution in [2.75, 3.05) is 29.9 Å². The fourth-order valence-electron chi connectivity index (χ4n) is 5.30. The number of halogens is 3. The average Bonchev–Trinajstić information content (AvgIpc) is 3.04. The molecule has 2 aliphatic heterocycles. The van der Waals surface area contributed by atoms with Gasteiger partial charge in [-0.3, -0.25) is 4.21 Å². The summed E-state index contributed by atoms with van der Waals surface area (Å²) in [6.45, 7) is 5.40. The summed E-state index contributed by atoms with van der Waals surface area (Å²) >= 11 is -0.0923. The van der Waals surface area contributed by atoms with Gasteiger partial charge in [0.1, 0.15) is 10.7 Å². The van der Waals surface area contributed by atoms with Crippen molar-refractivity contribution >= 4 is 34.3 Å². The Kier molecular flexibility index (Phi) is 6.78. The molecule has 1 aromatic heterocycles. The van der Waals surface area contributed by atoms with Crippen LogP contribution in [-0.2, 0) is 17.2 Å². The number of benzene rings is 1. The predicted octanol–water partition coefficient (Wildman–Crippen LogP) is 5.24. The Morgan fingerprint density at radius 2 is 1.83 bits per heavy atom. The van der Waals surface area contributed by atoms with E-state index in [1.54, 1.807) is 24.3 Å². The van der Waals surface area contributed by atoms with Gasteiger partial charge >= 0.3 is 5.51 Å². The van der Waals surface area contributed by atoms with Gasteiger partial charge in [0.25, 0.3) is 0 Å². The summed E-state index contributed by atoms with van der Waals surface area (Å²) in [4.78, 5) is 12.7. The highest BCUT2D eigenvalue weighted by Gasteiger charge is 2.44. The maximum Gasteiger partial charge on any atom is 0.446 e. The zero-order valence-electron chi connectivity index (χ0n) is 20.4. The highest BCUT2D eigenvalue weighted by Crippen LogP contribution is 2.43. The van der Waals surface area contributed by atoms with Crippen LogP contribution in [0.5, 0.6) is 0 Å². The quantitative estimate of drug-likeness (QED) is 0.485. The molecule has 3 aliphatic rings. The lowest BCUT2D eigenvalue weighted by Crippen LogP contribution is -2.49. The van der Waals surface area contributed by atoms with Gasteiger partial charge in [-0.1, -0.05) is 12.1 Å². The fourth-order valence-corrected chi connectivity index (χ4v) is 7.27. The molecule has 1 atom stereocenters. The molecule has 0 amide bonds. The second-order valence-corrected chi connectivity index (χ2v) is 13.8. The first-order valence-electron chi connectivity index (χ1n) is 12.3. The van der Waals surface area contributed by atoms with Crippen molar-refractivity contribution in [3.63, 3.8) is 0 Å². The molecule has 0 radical (unpaired) electrons. The summed E-state index contributed by atoms with van der Waals surface area (Å²) < 4.78 is 50.7. The number of anilines is 2. The van der Waals surface area contributed by atoms with Crippen molar-refractivity contribution < 1.29 is 22.5 Å². The highest BCUT2D eigenvalue weighted by atomic mass is 32.2. The molecule has 1 saturated carbocycles. The normalized spacial score (nSPS) is 23.3. The number of aliphatic hydroxyl groups is 1. The summed E-state index contributed by atoms with van der Waals surface area (Å²) in [7, 11) is -1.25. The van der Waals surface area contributed by atoms with Gasteiger partial charge in [0.05, 0.1) is 33.4 Å². The van der Waals surface area contributed by atoms with E-state index in [1.807, 2.05) is 13.8 Å². The second-order valence-electron chi connectivity index (χ2n) is 10.6. The summed E-state index contributed by atoms with van der Waals surface area (Å²) in [5.74, 6) is 1.44. The summed E-state index contributed by atoms with van der Waals surface area (Å²) in [5, 5.41) is 13.4. The first kappa shape index (κ1) is 25.8. The SMILES string of the molecule is CC1(C)Cc2nc(N3CCC(c4ccc(SC(F)(F)F)cc4)CC3)nc(NC3(CO)CCC3)c2S1=O. The van der Waals surface area contributed by atoms with Crippen LogP contribution in [0.25, 0.3) is 0 Å². The Morgan fingerprint density at radius 3 is 2.39 bits per heavy atom. The molecule has 3 heterocycles. The smallest absolute Gasteiger partial charge is 0.394 e. The first-order chi connectivity index (χ1) is 17.0. The van der Waals surface area contributed by atoms with Crippen LogP contribution in [0.2, 0.25) is 0 Å². The van der Waals surface area contributed by atoms with Crippen LogP contribution in [0, 0.1) is 0 Å². The van der Waals surface area contributed by atoms with Crippen molar-refractivity contribution in [2.24, 2.45) is 0 Å². The Morgan fingerprint density at radius 1 is 1.17 bits per heavy atom. The van der Waals surface area contributed by atoms with Crippen LogP contribution in [0.1, 0.15) is 63.1 Å². The lowest BCUT2D eigenvalue weighted by molar-refractivity contribution is -0.0328. The Labute approximate surface area is 215 Å². The van der Waals surface area contributed by atoms with Gasteiger partial charge in [0.15, 0.2) is 0 Å². The zero-order valence-corrected chi connectivity index (χ0v) is 22.0. The summed E-state index contributed by atoms with van der Waals surface area (Å²) in [6.07, 6.45) is 5.01. The van der Waals surface area contributed by atoms with Gasteiger partial charge < -0.3 is 15.3 Å². The van der Waals surface area contributed by atoms with Gasteiger partial charge in [-0.15, -0.1) is 0 Å². The molecule has 1 aromatic carbocycles. The van der Waals surface area contributed by atoms with E-state index in [2.05, 4.69) is 10.2 Å². The molecule has 1 saturated heterocycles. The topological polar surface area (TPSA) is 78.3 Å². The molecule has 2 N–H and O–H groups in total. The molecule has 1 unspecified atom stereocenters. The number of nitrogens with one attached hydrogen (secondary N) is 1. The molecule has 0 bridgehead atoms. The van der Waals surface area contributed by atoms with E-state index in [1.165, 1.54) is 0 Å². The molecule has 11 heteroatoms. The van der Waals surface area contributed by atoms with Crippen LogP contribution in [0.15, 0.2) is 34.1 Å². The summed E-state index contributed by atoms with van der Waals surface area (Å²) in [5.41, 5.74) is -2.85. The van der Waals surface area contributed by atoms with Crippen molar-refractivity contribution in [1.29, 1.82) is 0 Å². The molecular weight excluding hydrogens is 509 g/mol. The minimum absolute atomic E-state index is 0.00278. The van der Waals surface area contributed by atoms with E-state index in [9.17, 15) is 22.5 Å². The number of rotatable bonds is 6. The van der Waals surface area contributed by atoms with Gasteiger partial charge in [-0.2, -0.15) is 18.2 Å². The van der Waals surface area contributed by atoms with Crippen molar-refractivity contribution in [2.45, 2.75) is 83.9 Å². The minimum Gasteiger partial charge on any atom is -0.394 e. The maximum atomic E-state index is 13.3. The average molecular weight is 541 g/mol. The van der Waals surface area contributed by atoms with Crippen molar-refractivity contribution in [1.82, 2.24) is 9.97 Å². The first-order valence-corrected chi connectivity index (χ1v) is 14.3. The maximum absolute atomic E-state index is 13.3. The lowest BCUT2D eigenvalue weighted by Gasteiger charge is -2.42. The fraction of sp³-hybridized carbons (Fsp3) is 0.600. The molecule has 196 valence electrons. The number of piperidine rings is 1. The number of hydrogen-bond donors (Lipinski definition) is 2. The van der Waals surface area contributed by atoms with Crippen LogP contribution in [0.3, 0.4) is 0 Å². The zero-order chi connectivity index (χ0) is 25.7. The van der Waals surface area contributed by atoms with Crippen LogP contribution in [0.4, 0.5) is 24.9 Å². The molecule has 36 heavy (non-hydrogen) atoms. The van der Waals surface area contributed by atoms with E-state index < -0.39 is 26.6 Å². The number of thioether (sulfide) groups is 1. The third kappa shape index (κ3) is 5.11. The van der Waals surface area contributed by atoms with Gasteiger partial charge in [0, 0.05) is 24.4 Å². The van der Waals surface area contributed by atoms with Gasteiger partial charge in [0.2, 0.25) is 5.95 Å². The lowest BCUT2D eigenvalue weighted by atomic mass is 9.77. The molecule has 2 aromatic rings. The molecule has 0 spiro atoms. The standard InChI is InChI=1S/C25H31F3N4O2S2/c1-23(2)14-19-20(36(23)34)21(31-24(15-33)10-3-11-24)30-22(29-19)32-12-8-17(9-13-32)16-4-6-18(7-5-16)35-25(26,27)28/h4-7,17,33H,3,8-15H2,1-2H3,(H,29,30,31). The minimum atomic E-state index is -4.28. The van der Waals surface area contributed by atoms with E-state index in [0.717, 1.165) is 56.5 Å². The number of nitrogens with zero attached hydrogens (tertiary/aromatic N) is 3. The monoisotopic (exact) mass is 540 g/mol. The van der Waals surface area contributed by atoms with Crippen molar-refractivity contribution in [3.8, 4) is 0 Å². The summed E-state index contributed by atoms with van der Waals surface area (Å²) in [6, 6.07) is 6.68. The van der Waals surface area contributed by atoms with E-state index in [0.29, 0.717) is 23.1 Å². The molecule has 6 nitrogen and oxygen atoms in total. The predicted molar refractivity (Wildman–Crippen MR) is 136 cm³/mol. The molecular formula is C25H31F3N4O2S2. The highest BCUT2D eigenvalue weighted by molar-refractivity contribution is 8.00. The molecule has 5 rings (SSSR count). The van der Waals surface area contributed by atoms with Crippen LogP contribution >= 0.6 is 11.8 Å². The Bertz CT molecular complexity index is 1140. The van der Waals surface area contributed by atoms with Crippen LogP contribution in [-0.4, -0.2) is 54.8 Å². The Hall–Kier alpha value is -1.85. The second kappa shape index (κ2) is 9.47. The molecule has 2 fully saturated rings. The number of hydrogen-bond acceptors (Lipinski definition) is 7. The Balaban J connectivity index is 1.33. The van der Waals surface area contributed by atoms with E-state index in [4.69, 9.17) is 9.97 Å². The number of alkyl halides is 3. The third-order valence-electron chi connectivity index (χ3n) is 7.56. The largest absolute Gasteiger partial charge is 0.446 e. The van der Waals surface area contributed by atoms with E-state index in [-0.39, 0.29) is 29.2 Å². The van der Waals surface area contributed by atoms with Gasteiger partial charge in [-0.25, -0.2) is 4.98 Å². The van der Waals surface area contributed by atoms with Gasteiger partial charge in [-0.05, 0) is 81.3 Å². The number of fused-ring (bicyclic) bond motifs is 1. The van der Waals surface area contributed by atoms with Crippen molar-refractivity contribution in [3.05, 3.63) is 35.5 Å². The van der Waals surface area contributed by atoms with Crippen LogP contribution < -0.4 is 10.2 Å². The van der Waals surface area contributed by atoms with E-state index >= 15 is 0 Å². The number of aromatic nitrogens is 2. The molecule has 1 aliphatic carbocycles. The third-order valence-corrected chi connectivity index (χ3v) is 10.3.